The number of benzene rings is 1. The molecule has 0 amide bonds. The second kappa shape index (κ2) is 5.84. The number of anilines is 3. The zero-order valence-corrected chi connectivity index (χ0v) is 12.7. The second-order valence-corrected chi connectivity index (χ2v) is 5.00. The molecule has 0 aliphatic carbocycles. The van der Waals surface area contributed by atoms with Crippen LogP contribution in [-0.2, 0) is 6.42 Å². The fourth-order valence-electron chi connectivity index (χ4n) is 2.32. The predicted molar refractivity (Wildman–Crippen MR) is 86.7 cm³/mol. The summed E-state index contributed by atoms with van der Waals surface area (Å²) in [5, 5.41) is 11.3. The standard InChI is InChI=1S/C14H18N6O2/c1-4-9-12(13(15)18-14(16)17-9)8-5-6-10(19(2)3)11(7-8)20(21)22/h5-7H,4H2,1-3H3,(H4,15,16,17,18). The summed E-state index contributed by atoms with van der Waals surface area (Å²) in [4.78, 5) is 20.7. The number of nitrogen functional groups attached to an aromatic ring is 2. The maximum Gasteiger partial charge on any atom is 0.293 e. The van der Waals surface area contributed by atoms with Crippen LogP contribution in [0.25, 0.3) is 11.1 Å². The van der Waals surface area contributed by atoms with Crippen LogP contribution >= 0.6 is 0 Å². The molecule has 0 saturated carbocycles. The maximum absolute atomic E-state index is 11.3. The van der Waals surface area contributed by atoms with Gasteiger partial charge < -0.3 is 16.4 Å². The summed E-state index contributed by atoms with van der Waals surface area (Å²) in [5.41, 5.74) is 13.9. The Morgan fingerprint density at radius 1 is 1.27 bits per heavy atom. The quantitative estimate of drug-likeness (QED) is 0.652. The van der Waals surface area contributed by atoms with Crippen LogP contribution in [0.15, 0.2) is 18.2 Å². The Morgan fingerprint density at radius 3 is 2.50 bits per heavy atom. The highest BCUT2D eigenvalue weighted by atomic mass is 16.6. The van der Waals surface area contributed by atoms with Crippen molar-refractivity contribution in [3.8, 4) is 11.1 Å². The first kappa shape index (κ1) is 15.5. The van der Waals surface area contributed by atoms with Gasteiger partial charge in [-0.3, -0.25) is 10.1 Å². The first-order valence-corrected chi connectivity index (χ1v) is 6.73. The fourth-order valence-corrected chi connectivity index (χ4v) is 2.32. The molecule has 0 radical (unpaired) electrons. The van der Waals surface area contributed by atoms with Crippen molar-refractivity contribution in [2.24, 2.45) is 0 Å². The van der Waals surface area contributed by atoms with Gasteiger partial charge in [0.1, 0.15) is 11.5 Å². The maximum atomic E-state index is 11.3. The molecule has 1 aromatic carbocycles. The van der Waals surface area contributed by atoms with E-state index in [2.05, 4.69) is 9.97 Å². The summed E-state index contributed by atoms with van der Waals surface area (Å²) < 4.78 is 0. The normalized spacial score (nSPS) is 10.5. The van der Waals surface area contributed by atoms with Crippen molar-refractivity contribution in [3.05, 3.63) is 34.0 Å². The average molecular weight is 302 g/mol. The molecular weight excluding hydrogens is 284 g/mol. The molecule has 0 aliphatic heterocycles. The lowest BCUT2D eigenvalue weighted by molar-refractivity contribution is -0.384. The Hall–Kier alpha value is -2.90. The molecule has 4 N–H and O–H groups in total. The minimum Gasteiger partial charge on any atom is -0.383 e. The van der Waals surface area contributed by atoms with Crippen LogP contribution in [-0.4, -0.2) is 29.0 Å². The zero-order chi connectivity index (χ0) is 16.4. The van der Waals surface area contributed by atoms with E-state index in [0.29, 0.717) is 28.9 Å². The van der Waals surface area contributed by atoms with Crippen molar-refractivity contribution in [1.82, 2.24) is 9.97 Å². The fraction of sp³-hybridized carbons (Fsp3) is 0.286. The number of nitro groups is 1. The van der Waals surface area contributed by atoms with Crippen LogP contribution < -0.4 is 16.4 Å². The van der Waals surface area contributed by atoms with E-state index in [1.54, 1.807) is 31.1 Å². The number of aryl methyl sites for hydroxylation is 1. The number of hydrogen-bond donors (Lipinski definition) is 2. The van der Waals surface area contributed by atoms with E-state index in [4.69, 9.17) is 11.5 Å². The minimum atomic E-state index is -0.418. The zero-order valence-electron chi connectivity index (χ0n) is 12.7. The Morgan fingerprint density at radius 2 is 1.95 bits per heavy atom. The highest BCUT2D eigenvalue weighted by molar-refractivity contribution is 5.81. The Bertz CT molecular complexity index is 730. The van der Waals surface area contributed by atoms with Gasteiger partial charge in [0.25, 0.3) is 5.69 Å². The SMILES string of the molecule is CCc1nc(N)nc(N)c1-c1ccc(N(C)C)c([N+](=O)[O-])c1. The van der Waals surface area contributed by atoms with Gasteiger partial charge in [-0.15, -0.1) is 0 Å². The molecule has 0 fully saturated rings. The van der Waals surface area contributed by atoms with Gasteiger partial charge in [-0.05, 0) is 18.1 Å². The first-order valence-electron chi connectivity index (χ1n) is 6.73. The third-order valence-electron chi connectivity index (χ3n) is 3.31. The van der Waals surface area contributed by atoms with E-state index in [1.807, 2.05) is 6.92 Å². The molecule has 1 aromatic heterocycles. The van der Waals surface area contributed by atoms with E-state index in [-0.39, 0.29) is 17.5 Å². The largest absolute Gasteiger partial charge is 0.383 e. The van der Waals surface area contributed by atoms with Crippen LogP contribution in [0, 0.1) is 10.1 Å². The van der Waals surface area contributed by atoms with Gasteiger partial charge >= 0.3 is 0 Å². The topological polar surface area (TPSA) is 124 Å². The monoisotopic (exact) mass is 302 g/mol. The number of nitrogens with two attached hydrogens (primary N) is 2. The lowest BCUT2D eigenvalue weighted by atomic mass is 10.0. The highest BCUT2D eigenvalue weighted by Gasteiger charge is 2.20. The summed E-state index contributed by atoms with van der Waals surface area (Å²) in [6.07, 6.45) is 0.593. The van der Waals surface area contributed by atoms with E-state index < -0.39 is 4.92 Å². The van der Waals surface area contributed by atoms with Crippen molar-refractivity contribution >= 4 is 23.1 Å². The molecular formula is C14H18N6O2. The van der Waals surface area contributed by atoms with Crippen molar-refractivity contribution in [2.45, 2.75) is 13.3 Å². The molecule has 8 nitrogen and oxygen atoms in total. The summed E-state index contributed by atoms with van der Waals surface area (Å²) in [6.45, 7) is 1.91. The van der Waals surface area contributed by atoms with Crippen LogP contribution in [0.5, 0.6) is 0 Å². The van der Waals surface area contributed by atoms with Crippen molar-refractivity contribution in [2.75, 3.05) is 30.5 Å². The summed E-state index contributed by atoms with van der Waals surface area (Å²) >= 11 is 0. The van der Waals surface area contributed by atoms with Gasteiger partial charge in [-0.2, -0.15) is 4.98 Å². The third kappa shape index (κ3) is 2.76. The molecule has 0 unspecified atom stereocenters. The van der Waals surface area contributed by atoms with Gasteiger partial charge in [0.2, 0.25) is 5.95 Å². The van der Waals surface area contributed by atoms with Crippen molar-refractivity contribution in [1.29, 1.82) is 0 Å². The molecule has 0 aliphatic rings. The van der Waals surface area contributed by atoms with Crippen molar-refractivity contribution < 1.29 is 4.92 Å². The van der Waals surface area contributed by atoms with Gasteiger partial charge in [0.05, 0.1) is 10.6 Å². The third-order valence-corrected chi connectivity index (χ3v) is 3.31. The predicted octanol–water partition coefficient (Wildman–Crippen LogP) is 1.84. The van der Waals surface area contributed by atoms with E-state index in [9.17, 15) is 10.1 Å². The molecule has 0 saturated heterocycles. The van der Waals surface area contributed by atoms with Crippen LogP contribution in [0.3, 0.4) is 0 Å². The van der Waals surface area contributed by atoms with E-state index >= 15 is 0 Å². The molecule has 2 aromatic rings. The van der Waals surface area contributed by atoms with Crippen LogP contribution in [0.1, 0.15) is 12.6 Å². The molecule has 0 atom stereocenters. The average Bonchev–Trinajstić information content (AvgIpc) is 2.45. The lowest BCUT2D eigenvalue weighted by Crippen LogP contribution is -2.11. The van der Waals surface area contributed by atoms with Crippen LogP contribution in [0.2, 0.25) is 0 Å². The number of nitro benzene ring substituents is 1. The first-order chi connectivity index (χ1) is 10.3. The Kier molecular flexibility index (Phi) is 4.11. The molecule has 1 heterocycles. The van der Waals surface area contributed by atoms with Gasteiger partial charge in [-0.25, -0.2) is 4.98 Å². The second-order valence-electron chi connectivity index (χ2n) is 5.00. The summed E-state index contributed by atoms with van der Waals surface area (Å²) in [6, 6.07) is 4.94. The lowest BCUT2D eigenvalue weighted by Gasteiger charge is -2.15. The van der Waals surface area contributed by atoms with E-state index in [1.165, 1.54) is 6.07 Å². The Labute approximate surface area is 127 Å². The molecule has 22 heavy (non-hydrogen) atoms. The molecule has 2 rings (SSSR count). The smallest absolute Gasteiger partial charge is 0.293 e. The Balaban J connectivity index is 2.69. The number of rotatable bonds is 4. The molecule has 116 valence electrons. The number of nitrogens with zero attached hydrogens (tertiary/aromatic N) is 4. The molecule has 8 heteroatoms. The minimum absolute atomic E-state index is 0.000720. The van der Waals surface area contributed by atoms with Crippen LogP contribution in [0.4, 0.5) is 23.1 Å². The summed E-state index contributed by atoms with van der Waals surface area (Å²) in [7, 11) is 3.50. The molecule has 0 spiro atoms. The molecule has 0 bridgehead atoms. The summed E-state index contributed by atoms with van der Waals surface area (Å²) in [5.74, 6) is 0.314. The van der Waals surface area contributed by atoms with E-state index in [0.717, 1.165) is 0 Å². The number of aromatic nitrogens is 2. The highest BCUT2D eigenvalue weighted by Crippen LogP contribution is 2.35. The van der Waals surface area contributed by atoms with Gasteiger partial charge in [0.15, 0.2) is 0 Å². The number of hydrogen-bond acceptors (Lipinski definition) is 7. The van der Waals surface area contributed by atoms with Gasteiger partial charge in [-0.1, -0.05) is 13.0 Å². The van der Waals surface area contributed by atoms with Gasteiger partial charge in [0, 0.05) is 25.7 Å². The van der Waals surface area contributed by atoms with Crippen molar-refractivity contribution in [3.63, 3.8) is 0 Å².